The van der Waals surface area contributed by atoms with Gasteiger partial charge in [0.1, 0.15) is 12.9 Å². The molecule has 90 valence electrons. The minimum Gasteiger partial charge on any atom is -0.394 e. The number of nitrogen functional groups attached to an aromatic ring is 1. The number of aliphatic hydroxyl groups is 1. The van der Waals surface area contributed by atoms with Gasteiger partial charge in [0.15, 0.2) is 0 Å². The maximum absolute atomic E-state index is 11.5. The molecule has 0 aliphatic carbocycles. The van der Waals surface area contributed by atoms with Crippen molar-refractivity contribution in [1.82, 2.24) is 20.1 Å². The molecular formula is C9H17N5O2. The Hall–Kier alpha value is -1.63. The van der Waals surface area contributed by atoms with E-state index in [9.17, 15) is 4.79 Å². The third kappa shape index (κ3) is 3.50. The number of carbonyl (C=O) groups is 1. The highest BCUT2D eigenvalue weighted by Gasteiger charge is 2.15. The van der Waals surface area contributed by atoms with E-state index in [0.29, 0.717) is 0 Å². The van der Waals surface area contributed by atoms with E-state index in [1.165, 1.54) is 11.0 Å². The monoisotopic (exact) mass is 227 g/mol. The lowest BCUT2D eigenvalue weighted by Crippen LogP contribution is -2.42. The Morgan fingerprint density at radius 2 is 2.38 bits per heavy atom. The summed E-state index contributed by atoms with van der Waals surface area (Å²) in [4.78, 5) is 15.2. The lowest BCUT2D eigenvalue weighted by Gasteiger charge is -2.19. The standard InChI is InChI=1S/C9H17N5O2/c1-6(2)7(4-15)12-8(16)3-14-5-11-9(10)13-14/h5-7,15H,3-4H2,1-2H3,(H2,10,13)(H,12,16). The maximum atomic E-state index is 11.5. The number of carbonyl (C=O) groups excluding carboxylic acids is 1. The van der Waals surface area contributed by atoms with Crippen LogP contribution in [0.15, 0.2) is 6.33 Å². The van der Waals surface area contributed by atoms with E-state index in [0.717, 1.165) is 0 Å². The fourth-order valence-corrected chi connectivity index (χ4v) is 1.21. The molecule has 7 nitrogen and oxygen atoms in total. The highest BCUT2D eigenvalue weighted by atomic mass is 16.3. The molecule has 1 aromatic rings. The van der Waals surface area contributed by atoms with E-state index >= 15 is 0 Å². The van der Waals surface area contributed by atoms with Crippen LogP contribution in [-0.2, 0) is 11.3 Å². The molecule has 7 heteroatoms. The van der Waals surface area contributed by atoms with Crippen LogP contribution in [0.5, 0.6) is 0 Å². The number of aromatic nitrogens is 3. The number of hydrogen-bond donors (Lipinski definition) is 3. The first kappa shape index (κ1) is 12.4. The zero-order valence-electron chi connectivity index (χ0n) is 9.42. The van der Waals surface area contributed by atoms with Gasteiger partial charge in [-0.1, -0.05) is 13.8 Å². The van der Waals surface area contributed by atoms with Gasteiger partial charge in [0, 0.05) is 0 Å². The number of nitrogens with zero attached hydrogens (tertiary/aromatic N) is 3. The molecule has 1 amide bonds. The lowest BCUT2D eigenvalue weighted by atomic mass is 10.1. The number of hydrogen-bond acceptors (Lipinski definition) is 5. The van der Waals surface area contributed by atoms with Crippen LogP contribution in [0.2, 0.25) is 0 Å². The molecule has 0 spiro atoms. The normalized spacial score (nSPS) is 12.8. The molecule has 1 atom stereocenters. The lowest BCUT2D eigenvalue weighted by molar-refractivity contribution is -0.123. The second-order valence-corrected chi connectivity index (χ2v) is 3.90. The van der Waals surface area contributed by atoms with E-state index in [-0.39, 0.29) is 37.0 Å². The van der Waals surface area contributed by atoms with Gasteiger partial charge in [-0.3, -0.25) is 4.79 Å². The summed E-state index contributed by atoms with van der Waals surface area (Å²) >= 11 is 0. The summed E-state index contributed by atoms with van der Waals surface area (Å²) in [7, 11) is 0. The Kier molecular flexibility index (Phi) is 4.24. The van der Waals surface area contributed by atoms with Gasteiger partial charge in [-0.25, -0.2) is 9.67 Å². The molecule has 1 unspecified atom stereocenters. The van der Waals surface area contributed by atoms with Gasteiger partial charge in [-0.15, -0.1) is 5.10 Å². The van der Waals surface area contributed by atoms with E-state index in [2.05, 4.69) is 15.4 Å². The molecule has 1 heterocycles. The van der Waals surface area contributed by atoms with Crippen molar-refractivity contribution in [2.24, 2.45) is 5.92 Å². The fourth-order valence-electron chi connectivity index (χ4n) is 1.21. The summed E-state index contributed by atoms with van der Waals surface area (Å²) in [5.41, 5.74) is 5.32. The highest BCUT2D eigenvalue weighted by molar-refractivity contribution is 5.75. The zero-order chi connectivity index (χ0) is 12.1. The molecule has 16 heavy (non-hydrogen) atoms. The molecule has 0 aliphatic rings. The summed E-state index contributed by atoms with van der Waals surface area (Å²) in [6.45, 7) is 3.82. The minimum absolute atomic E-state index is 0.0490. The van der Waals surface area contributed by atoms with Crippen LogP contribution < -0.4 is 11.1 Å². The second kappa shape index (κ2) is 5.45. The van der Waals surface area contributed by atoms with E-state index in [4.69, 9.17) is 10.8 Å². The van der Waals surface area contributed by atoms with Crippen LogP contribution in [0.1, 0.15) is 13.8 Å². The fraction of sp³-hybridized carbons (Fsp3) is 0.667. The van der Waals surface area contributed by atoms with Crippen molar-refractivity contribution >= 4 is 11.9 Å². The largest absolute Gasteiger partial charge is 0.394 e. The van der Waals surface area contributed by atoms with E-state index < -0.39 is 0 Å². The molecule has 0 saturated carbocycles. The predicted octanol–water partition coefficient (Wildman–Crippen LogP) is -1.01. The first-order valence-corrected chi connectivity index (χ1v) is 5.08. The van der Waals surface area contributed by atoms with Crippen LogP contribution in [0, 0.1) is 5.92 Å². The summed E-state index contributed by atoms with van der Waals surface area (Å²) in [6, 6.07) is -0.242. The molecule has 0 radical (unpaired) electrons. The van der Waals surface area contributed by atoms with Crippen LogP contribution in [-0.4, -0.2) is 38.4 Å². The number of rotatable bonds is 5. The number of anilines is 1. The molecule has 0 fully saturated rings. The van der Waals surface area contributed by atoms with Crippen molar-refractivity contribution in [2.45, 2.75) is 26.4 Å². The molecule has 4 N–H and O–H groups in total. The number of nitrogens with one attached hydrogen (secondary N) is 1. The van der Waals surface area contributed by atoms with Crippen LogP contribution >= 0.6 is 0 Å². The second-order valence-electron chi connectivity index (χ2n) is 3.90. The summed E-state index contributed by atoms with van der Waals surface area (Å²) < 4.78 is 1.35. The van der Waals surface area contributed by atoms with Crippen molar-refractivity contribution in [2.75, 3.05) is 12.3 Å². The average molecular weight is 227 g/mol. The molecule has 0 aromatic carbocycles. The molecule has 0 aliphatic heterocycles. The van der Waals surface area contributed by atoms with Gasteiger partial charge in [-0.2, -0.15) is 0 Å². The van der Waals surface area contributed by atoms with Crippen molar-refractivity contribution in [3.05, 3.63) is 6.33 Å². The molecular weight excluding hydrogens is 210 g/mol. The highest BCUT2D eigenvalue weighted by Crippen LogP contribution is 2.00. The van der Waals surface area contributed by atoms with Crippen molar-refractivity contribution in [3.63, 3.8) is 0 Å². The zero-order valence-corrected chi connectivity index (χ0v) is 9.42. The molecule has 1 rings (SSSR count). The van der Waals surface area contributed by atoms with Crippen LogP contribution in [0.25, 0.3) is 0 Å². The van der Waals surface area contributed by atoms with Crippen molar-refractivity contribution in [1.29, 1.82) is 0 Å². The number of nitrogens with two attached hydrogens (primary N) is 1. The van der Waals surface area contributed by atoms with E-state index in [1.54, 1.807) is 0 Å². The third-order valence-corrected chi connectivity index (χ3v) is 2.21. The summed E-state index contributed by atoms with van der Waals surface area (Å²) in [5.74, 6) is 0.0859. The Labute approximate surface area is 93.7 Å². The average Bonchev–Trinajstić information content (AvgIpc) is 2.60. The van der Waals surface area contributed by atoms with Crippen molar-refractivity contribution in [3.8, 4) is 0 Å². The Balaban J connectivity index is 2.47. The smallest absolute Gasteiger partial charge is 0.242 e. The number of amides is 1. The first-order valence-electron chi connectivity index (χ1n) is 5.08. The van der Waals surface area contributed by atoms with Crippen molar-refractivity contribution < 1.29 is 9.90 Å². The topological polar surface area (TPSA) is 106 Å². The minimum atomic E-state index is -0.242. The van der Waals surface area contributed by atoms with Gasteiger partial charge in [0.25, 0.3) is 0 Å². The maximum Gasteiger partial charge on any atom is 0.242 e. The third-order valence-electron chi connectivity index (χ3n) is 2.21. The molecule has 0 saturated heterocycles. The SMILES string of the molecule is CC(C)C(CO)NC(=O)Cn1cnc(N)n1. The van der Waals surface area contributed by atoms with Crippen LogP contribution in [0.3, 0.4) is 0 Å². The Bertz CT molecular complexity index is 349. The van der Waals surface area contributed by atoms with Crippen LogP contribution in [0.4, 0.5) is 5.95 Å². The Morgan fingerprint density at radius 1 is 1.69 bits per heavy atom. The van der Waals surface area contributed by atoms with Gasteiger partial charge >= 0.3 is 0 Å². The molecule has 1 aromatic heterocycles. The molecule has 0 bridgehead atoms. The van der Waals surface area contributed by atoms with Gasteiger partial charge in [0.05, 0.1) is 12.6 Å². The van der Waals surface area contributed by atoms with Gasteiger partial charge in [0.2, 0.25) is 11.9 Å². The first-order chi connectivity index (χ1) is 7.52. The van der Waals surface area contributed by atoms with Gasteiger partial charge < -0.3 is 16.2 Å². The van der Waals surface area contributed by atoms with E-state index in [1.807, 2.05) is 13.8 Å². The predicted molar refractivity (Wildman–Crippen MR) is 58.3 cm³/mol. The quantitative estimate of drug-likeness (QED) is 0.598. The van der Waals surface area contributed by atoms with Gasteiger partial charge in [-0.05, 0) is 5.92 Å². The number of aliphatic hydroxyl groups excluding tert-OH is 1. The summed E-state index contributed by atoms with van der Waals surface area (Å²) in [5, 5.41) is 15.5. The summed E-state index contributed by atoms with van der Waals surface area (Å²) in [6.07, 6.45) is 1.39. The Morgan fingerprint density at radius 3 is 2.81 bits per heavy atom.